The lowest BCUT2D eigenvalue weighted by atomic mass is 9.65. The van der Waals surface area contributed by atoms with E-state index in [0.29, 0.717) is 29.1 Å². The molecule has 0 aromatic heterocycles. The molecule has 0 fully saturated rings. The average Bonchev–Trinajstić information content (AvgIpc) is 2.76. The Kier molecular flexibility index (Phi) is 3.39. The third-order valence-corrected chi connectivity index (χ3v) is 6.74. The molecule has 6 rings (SSSR count). The highest BCUT2D eigenvalue weighted by Gasteiger charge is 2.53. The minimum Gasteiger partial charge on any atom is -0.493 e. The molecule has 3 aromatic carbocycles. The topological polar surface area (TPSA) is 52.6 Å². The van der Waals surface area contributed by atoms with Crippen molar-refractivity contribution in [1.82, 2.24) is 0 Å². The van der Waals surface area contributed by atoms with Crippen molar-refractivity contribution in [3.05, 3.63) is 82.9 Å². The van der Waals surface area contributed by atoms with Crippen LogP contribution in [0.5, 0.6) is 5.75 Å². The summed E-state index contributed by atoms with van der Waals surface area (Å²) >= 11 is 0. The fourth-order valence-electron chi connectivity index (χ4n) is 5.25. The van der Waals surface area contributed by atoms with Gasteiger partial charge in [-0.15, -0.1) is 0 Å². The van der Waals surface area contributed by atoms with Gasteiger partial charge in [0.1, 0.15) is 17.1 Å². The minimum absolute atomic E-state index is 0.0865. The predicted molar refractivity (Wildman–Crippen MR) is 114 cm³/mol. The van der Waals surface area contributed by atoms with Gasteiger partial charge in [-0.1, -0.05) is 54.6 Å². The second kappa shape index (κ2) is 5.82. The molecule has 0 N–H and O–H groups in total. The van der Waals surface area contributed by atoms with Gasteiger partial charge < -0.3 is 9.47 Å². The van der Waals surface area contributed by atoms with Crippen molar-refractivity contribution in [2.45, 2.75) is 25.4 Å². The quantitative estimate of drug-likeness (QED) is 0.506. The molecule has 30 heavy (non-hydrogen) atoms. The van der Waals surface area contributed by atoms with E-state index < -0.39 is 17.2 Å². The molecule has 1 aliphatic carbocycles. The van der Waals surface area contributed by atoms with Crippen molar-refractivity contribution in [1.29, 1.82) is 0 Å². The van der Waals surface area contributed by atoms with Gasteiger partial charge in [-0.3, -0.25) is 9.59 Å². The zero-order chi connectivity index (χ0) is 20.6. The molecule has 0 unspecified atom stereocenters. The highest BCUT2D eigenvalue weighted by Crippen LogP contribution is 2.56. The summed E-state index contributed by atoms with van der Waals surface area (Å²) in [6.07, 6.45) is 0. The van der Waals surface area contributed by atoms with E-state index >= 15 is 0 Å². The van der Waals surface area contributed by atoms with Crippen LogP contribution in [0.25, 0.3) is 16.5 Å². The number of hydrogen-bond donors (Lipinski definition) is 0. The van der Waals surface area contributed by atoms with E-state index in [1.54, 1.807) is 12.1 Å². The first kappa shape index (κ1) is 17.5. The van der Waals surface area contributed by atoms with Gasteiger partial charge in [0, 0.05) is 28.5 Å². The number of allylic oxidation sites excluding steroid dienone is 1. The van der Waals surface area contributed by atoms with E-state index in [-0.39, 0.29) is 11.8 Å². The van der Waals surface area contributed by atoms with Crippen LogP contribution in [-0.4, -0.2) is 23.8 Å². The van der Waals surface area contributed by atoms with Gasteiger partial charge in [-0.05, 0) is 30.7 Å². The van der Waals surface area contributed by atoms with Gasteiger partial charge in [0.05, 0.1) is 12.2 Å². The number of rotatable bonds is 0. The van der Waals surface area contributed by atoms with E-state index in [9.17, 15) is 9.59 Å². The minimum atomic E-state index is -0.564. The zero-order valence-corrected chi connectivity index (χ0v) is 16.8. The number of benzene rings is 3. The molecule has 4 nitrogen and oxygen atoms in total. The first-order chi connectivity index (χ1) is 14.5. The molecule has 2 aliphatic heterocycles. The molecule has 148 valence electrons. The molecule has 0 spiro atoms. The smallest absolute Gasteiger partial charge is 0.234 e. The van der Waals surface area contributed by atoms with Gasteiger partial charge in [0.2, 0.25) is 11.6 Å². The molecule has 0 saturated carbocycles. The van der Waals surface area contributed by atoms with Gasteiger partial charge in [0.25, 0.3) is 0 Å². The molecule has 2 atom stereocenters. The number of hydrogen-bond acceptors (Lipinski definition) is 4. The normalized spacial score (nSPS) is 23.7. The Balaban J connectivity index is 1.72. The second-order valence-corrected chi connectivity index (χ2v) is 8.75. The Bertz CT molecular complexity index is 1300. The summed E-state index contributed by atoms with van der Waals surface area (Å²) < 4.78 is 12.6. The van der Waals surface area contributed by atoms with Crippen LogP contribution in [0.3, 0.4) is 0 Å². The number of carbonyl (C=O) groups excluding carboxylic acids is 2. The van der Waals surface area contributed by atoms with Crippen LogP contribution in [0.4, 0.5) is 0 Å². The largest absolute Gasteiger partial charge is 0.493 e. The number of carbonyl (C=O) groups is 2. The van der Waals surface area contributed by atoms with E-state index in [4.69, 9.17) is 9.47 Å². The lowest BCUT2D eigenvalue weighted by Gasteiger charge is -2.49. The molecule has 0 bridgehead atoms. The third-order valence-electron chi connectivity index (χ3n) is 6.74. The predicted octanol–water partition coefficient (Wildman–Crippen LogP) is 4.92. The van der Waals surface area contributed by atoms with E-state index in [0.717, 1.165) is 22.1 Å². The van der Waals surface area contributed by atoms with Crippen molar-refractivity contribution in [3.8, 4) is 5.75 Å². The molecule has 4 heteroatoms. The van der Waals surface area contributed by atoms with Crippen molar-refractivity contribution >= 4 is 28.1 Å². The summed E-state index contributed by atoms with van der Waals surface area (Å²) in [7, 11) is 0. The third kappa shape index (κ3) is 2.16. The molecule has 0 radical (unpaired) electrons. The van der Waals surface area contributed by atoms with Gasteiger partial charge in [-0.25, -0.2) is 0 Å². The highest BCUT2D eigenvalue weighted by molar-refractivity contribution is 6.52. The van der Waals surface area contributed by atoms with Gasteiger partial charge in [0.15, 0.2) is 0 Å². The molecule has 2 heterocycles. The number of ketones is 2. The van der Waals surface area contributed by atoms with E-state index in [1.807, 2.05) is 50.2 Å². The maximum Gasteiger partial charge on any atom is 0.234 e. The van der Waals surface area contributed by atoms with Crippen molar-refractivity contribution < 1.29 is 19.1 Å². The fourth-order valence-corrected chi connectivity index (χ4v) is 5.25. The summed E-state index contributed by atoms with van der Waals surface area (Å²) in [5, 5.41) is 2.13. The summed E-state index contributed by atoms with van der Waals surface area (Å²) in [6.45, 7) is 4.51. The maximum absolute atomic E-state index is 13.4. The average molecular weight is 396 g/mol. The van der Waals surface area contributed by atoms with Crippen LogP contribution in [0.2, 0.25) is 0 Å². The van der Waals surface area contributed by atoms with Crippen LogP contribution in [-0.2, 0) is 9.53 Å². The second-order valence-electron chi connectivity index (χ2n) is 8.75. The molecule has 3 aliphatic rings. The summed E-state index contributed by atoms with van der Waals surface area (Å²) in [5.74, 6) is 0.0514. The fraction of sp³-hybridized carbons (Fsp3) is 0.231. The lowest BCUT2D eigenvalue weighted by Crippen LogP contribution is -2.50. The standard InChI is InChI=1S/C26H20O4/c1-26(2)18-13-29-19-12-11-14-7-3-4-8-15(14)20(19)21(18)22-24(28)23(27)16-9-5-6-10-17(16)25(22)30-26/h3-12,18,21H,13H2,1-2H3/t18-,21-/m0/s1. The molecule has 0 amide bonds. The van der Waals surface area contributed by atoms with Gasteiger partial charge in [-0.2, -0.15) is 0 Å². The summed E-state index contributed by atoms with van der Waals surface area (Å²) in [5.41, 5.74) is 2.02. The highest BCUT2D eigenvalue weighted by atomic mass is 16.5. The Labute approximate surface area is 174 Å². The molecule has 3 aromatic rings. The SMILES string of the molecule is CC1(C)OC2=C(C(=O)C(=O)c3ccccc32)[C@@H]2c3c(ccc4ccccc34)OC[C@@H]21. The lowest BCUT2D eigenvalue weighted by molar-refractivity contribution is -0.114. The first-order valence-electron chi connectivity index (χ1n) is 10.2. The molecule has 0 saturated heterocycles. The van der Waals surface area contributed by atoms with E-state index in [2.05, 4.69) is 12.1 Å². The first-order valence-corrected chi connectivity index (χ1v) is 10.2. The number of fused-ring (bicyclic) bond motifs is 8. The Morgan fingerprint density at radius 2 is 1.60 bits per heavy atom. The van der Waals surface area contributed by atoms with Gasteiger partial charge >= 0.3 is 0 Å². The van der Waals surface area contributed by atoms with Crippen LogP contribution < -0.4 is 4.74 Å². The van der Waals surface area contributed by atoms with Crippen molar-refractivity contribution in [2.24, 2.45) is 5.92 Å². The van der Waals surface area contributed by atoms with E-state index in [1.165, 1.54) is 0 Å². The summed E-state index contributed by atoms with van der Waals surface area (Å²) in [6, 6.07) is 19.4. The monoisotopic (exact) mass is 396 g/mol. The number of ether oxygens (including phenoxy) is 2. The van der Waals surface area contributed by atoms with Crippen LogP contribution >= 0.6 is 0 Å². The molecular formula is C26H20O4. The van der Waals surface area contributed by atoms with Crippen LogP contribution in [0, 0.1) is 5.92 Å². The summed E-state index contributed by atoms with van der Waals surface area (Å²) in [4.78, 5) is 26.4. The Morgan fingerprint density at radius 3 is 2.43 bits per heavy atom. The van der Waals surface area contributed by atoms with Crippen molar-refractivity contribution in [3.63, 3.8) is 0 Å². The van der Waals surface area contributed by atoms with Crippen molar-refractivity contribution in [2.75, 3.05) is 6.61 Å². The Hall–Kier alpha value is -3.40. The Morgan fingerprint density at radius 1 is 0.867 bits per heavy atom. The molecular weight excluding hydrogens is 376 g/mol. The van der Waals surface area contributed by atoms with Crippen LogP contribution in [0.15, 0.2) is 66.2 Å². The number of Topliss-reactive ketones (excluding diaryl/α,β-unsaturated/α-hetero) is 2. The van der Waals surface area contributed by atoms with Crippen LogP contribution in [0.1, 0.15) is 41.3 Å². The zero-order valence-electron chi connectivity index (χ0n) is 16.8. The maximum atomic E-state index is 13.4.